The van der Waals surface area contributed by atoms with Crippen molar-refractivity contribution in [3.63, 3.8) is 0 Å². The van der Waals surface area contributed by atoms with Crippen molar-refractivity contribution in [1.29, 1.82) is 0 Å². The molecule has 4 heteroatoms. The molecule has 2 aromatic rings. The summed E-state index contributed by atoms with van der Waals surface area (Å²) in [5.41, 5.74) is 4.31. The van der Waals surface area contributed by atoms with Gasteiger partial charge in [0, 0.05) is 36.2 Å². The zero-order valence-electron chi connectivity index (χ0n) is 21.3. The highest BCUT2D eigenvalue weighted by Gasteiger charge is 2.76. The van der Waals surface area contributed by atoms with E-state index in [-0.39, 0.29) is 22.2 Å². The van der Waals surface area contributed by atoms with E-state index in [1.807, 2.05) is 36.4 Å². The quantitative estimate of drug-likeness (QED) is 0.652. The Morgan fingerprint density at radius 2 is 1.91 bits per heavy atom. The molecule has 2 aromatic carbocycles. The molecule has 0 spiro atoms. The summed E-state index contributed by atoms with van der Waals surface area (Å²) < 4.78 is 0. The summed E-state index contributed by atoms with van der Waals surface area (Å²) in [6.07, 6.45) is 5.80. The maximum atomic E-state index is 13.7. The van der Waals surface area contributed by atoms with Gasteiger partial charge in [-0.3, -0.25) is 9.69 Å². The number of hydrogen-bond donors (Lipinski definition) is 1. The number of piperidine rings is 1. The van der Waals surface area contributed by atoms with Crippen molar-refractivity contribution < 1.29 is 9.90 Å². The van der Waals surface area contributed by atoms with Crippen LogP contribution < -0.4 is 0 Å². The minimum absolute atomic E-state index is 0.0810. The van der Waals surface area contributed by atoms with E-state index in [2.05, 4.69) is 42.7 Å². The van der Waals surface area contributed by atoms with Gasteiger partial charge in [0.25, 0.3) is 5.91 Å². The maximum absolute atomic E-state index is 13.7. The van der Waals surface area contributed by atoms with Gasteiger partial charge in [-0.1, -0.05) is 45.0 Å². The minimum atomic E-state index is 0.0810. The molecule has 2 heterocycles. The third kappa shape index (κ3) is 2.81. The van der Waals surface area contributed by atoms with Crippen molar-refractivity contribution in [2.45, 2.75) is 70.4 Å². The number of rotatable bonds is 2. The second-order valence-electron chi connectivity index (χ2n) is 13.4. The summed E-state index contributed by atoms with van der Waals surface area (Å²) in [5.74, 6) is 1.67. The van der Waals surface area contributed by atoms with E-state index in [9.17, 15) is 9.90 Å². The van der Waals surface area contributed by atoms with Crippen molar-refractivity contribution in [3.05, 3.63) is 65.2 Å². The van der Waals surface area contributed by atoms with Gasteiger partial charge in [0.1, 0.15) is 5.75 Å². The molecule has 1 amide bonds. The van der Waals surface area contributed by atoms with Gasteiger partial charge in [-0.15, -0.1) is 0 Å². The van der Waals surface area contributed by atoms with E-state index < -0.39 is 0 Å². The van der Waals surface area contributed by atoms with Crippen LogP contribution in [0, 0.1) is 22.7 Å². The highest BCUT2D eigenvalue weighted by molar-refractivity contribution is 5.94. The highest BCUT2D eigenvalue weighted by atomic mass is 16.3. The van der Waals surface area contributed by atoms with Crippen LogP contribution in [0.4, 0.5) is 0 Å². The molecule has 184 valence electrons. The second-order valence-corrected chi connectivity index (χ2v) is 13.4. The maximum Gasteiger partial charge on any atom is 0.254 e. The van der Waals surface area contributed by atoms with E-state index in [1.54, 1.807) is 0 Å². The summed E-state index contributed by atoms with van der Waals surface area (Å²) >= 11 is 0. The Bertz CT molecular complexity index is 1190. The van der Waals surface area contributed by atoms with E-state index >= 15 is 0 Å². The summed E-state index contributed by atoms with van der Waals surface area (Å²) in [6.45, 7) is 10.3. The smallest absolute Gasteiger partial charge is 0.254 e. The standard InChI is InChI=1S/C31H38N2O2/c1-29(2,3)19-32-14-13-31-24-16-23(34)10-9-21(24)15-26(32)30(31)12-11-25-27(31)22(17-30)18-33(25)28(35)20-7-5-4-6-8-20/h4-10,16,22,25-27,34H,11-15,17-19H2,1-3H3/t22-,25?,26-,27?,30-,31+/m1/s1. The van der Waals surface area contributed by atoms with Crippen LogP contribution in [-0.2, 0) is 11.8 Å². The van der Waals surface area contributed by atoms with Gasteiger partial charge in [0.2, 0.25) is 0 Å². The largest absolute Gasteiger partial charge is 0.508 e. The third-order valence-electron chi connectivity index (χ3n) is 10.5. The number of hydrogen-bond acceptors (Lipinski definition) is 3. The van der Waals surface area contributed by atoms with Crippen molar-refractivity contribution >= 4 is 5.91 Å². The molecule has 5 aliphatic rings. The van der Waals surface area contributed by atoms with Crippen LogP contribution >= 0.6 is 0 Å². The van der Waals surface area contributed by atoms with Crippen molar-refractivity contribution in [1.82, 2.24) is 9.80 Å². The van der Waals surface area contributed by atoms with E-state index in [0.717, 1.165) is 44.5 Å². The predicted octanol–water partition coefficient (Wildman–Crippen LogP) is 5.25. The lowest BCUT2D eigenvalue weighted by Crippen LogP contribution is -2.70. The molecule has 3 aliphatic carbocycles. The van der Waals surface area contributed by atoms with Gasteiger partial charge in [-0.2, -0.15) is 0 Å². The molecule has 1 N–H and O–H groups in total. The number of likely N-dealkylation sites (tertiary alicyclic amines) is 2. The van der Waals surface area contributed by atoms with Crippen molar-refractivity contribution in [2.24, 2.45) is 22.7 Å². The topological polar surface area (TPSA) is 43.8 Å². The molecule has 2 unspecified atom stereocenters. The molecule has 4 fully saturated rings. The van der Waals surface area contributed by atoms with Crippen LogP contribution in [0.1, 0.15) is 67.9 Å². The summed E-state index contributed by atoms with van der Waals surface area (Å²) in [4.78, 5) is 18.8. The molecule has 0 radical (unpaired) electrons. The Morgan fingerprint density at radius 3 is 2.69 bits per heavy atom. The molecule has 2 aliphatic heterocycles. The van der Waals surface area contributed by atoms with Crippen LogP contribution in [0.3, 0.4) is 0 Å². The zero-order chi connectivity index (χ0) is 24.2. The fraction of sp³-hybridized carbons (Fsp3) is 0.581. The normalized spacial score (nSPS) is 37.2. The Morgan fingerprint density at radius 1 is 1.11 bits per heavy atom. The molecule has 2 saturated carbocycles. The number of phenols is 1. The van der Waals surface area contributed by atoms with Crippen LogP contribution in [-0.4, -0.2) is 52.5 Å². The SMILES string of the molecule is CC(C)(C)CN1CC[C@@]23c4cc(O)ccc4C[C@@H]1[C@]21CCC2C3[C@@H](CN2C(=O)c2ccccc2)C1. The monoisotopic (exact) mass is 470 g/mol. The Kier molecular flexibility index (Phi) is 4.46. The van der Waals surface area contributed by atoms with Gasteiger partial charge in [0.05, 0.1) is 0 Å². The van der Waals surface area contributed by atoms with Crippen molar-refractivity contribution in [3.8, 4) is 5.75 Å². The Hall–Kier alpha value is -2.33. The average molecular weight is 471 g/mol. The molecule has 2 saturated heterocycles. The lowest BCUT2D eigenvalue weighted by atomic mass is 9.43. The van der Waals surface area contributed by atoms with Gasteiger partial charge < -0.3 is 10.0 Å². The number of amides is 1. The Labute approximate surface area is 209 Å². The molecular weight excluding hydrogens is 432 g/mol. The minimum Gasteiger partial charge on any atom is -0.508 e. The second kappa shape index (κ2) is 7.12. The number of carbonyl (C=O) groups excluding carboxylic acids is 1. The molecular formula is C31H38N2O2. The number of phenolic OH excluding ortho intramolecular Hbond substituents is 1. The zero-order valence-corrected chi connectivity index (χ0v) is 21.3. The summed E-state index contributed by atoms with van der Waals surface area (Å²) in [7, 11) is 0. The van der Waals surface area contributed by atoms with Gasteiger partial charge in [-0.25, -0.2) is 0 Å². The molecule has 35 heavy (non-hydrogen) atoms. The number of carbonyl (C=O) groups is 1. The first-order valence-corrected chi connectivity index (χ1v) is 13.7. The van der Waals surface area contributed by atoms with Crippen LogP contribution in [0.2, 0.25) is 0 Å². The summed E-state index contributed by atoms with van der Waals surface area (Å²) in [5, 5.41) is 10.6. The molecule has 7 rings (SSSR count). The van der Waals surface area contributed by atoms with Gasteiger partial charge in [0.15, 0.2) is 0 Å². The Balaban J connectivity index is 1.35. The van der Waals surface area contributed by atoms with Crippen LogP contribution in [0.25, 0.3) is 0 Å². The fourth-order valence-corrected chi connectivity index (χ4v) is 9.87. The predicted molar refractivity (Wildman–Crippen MR) is 137 cm³/mol. The first-order chi connectivity index (χ1) is 16.7. The third-order valence-corrected chi connectivity index (χ3v) is 10.5. The van der Waals surface area contributed by atoms with Crippen LogP contribution in [0.15, 0.2) is 48.5 Å². The number of aromatic hydroxyl groups is 1. The molecule has 4 bridgehead atoms. The summed E-state index contributed by atoms with van der Waals surface area (Å²) in [6, 6.07) is 17.0. The molecule has 6 atom stereocenters. The van der Waals surface area contributed by atoms with E-state index in [0.29, 0.717) is 29.7 Å². The number of nitrogens with zero attached hydrogens (tertiary/aromatic N) is 2. The first-order valence-electron chi connectivity index (χ1n) is 13.7. The lowest BCUT2D eigenvalue weighted by molar-refractivity contribution is -0.108. The first kappa shape index (κ1) is 21.9. The van der Waals surface area contributed by atoms with Crippen LogP contribution in [0.5, 0.6) is 5.75 Å². The van der Waals surface area contributed by atoms with Gasteiger partial charge >= 0.3 is 0 Å². The average Bonchev–Trinajstić information content (AvgIpc) is 3.27. The van der Waals surface area contributed by atoms with E-state index in [4.69, 9.17) is 0 Å². The fourth-order valence-electron chi connectivity index (χ4n) is 9.87. The number of fused-ring (bicyclic) bond motifs is 1. The van der Waals surface area contributed by atoms with Gasteiger partial charge in [-0.05, 0) is 96.7 Å². The van der Waals surface area contributed by atoms with E-state index in [1.165, 1.54) is 24.0 Å². The molecule has 0 aromatic heterocycles. The number of benzene rings is 2. The highest BCUT2D eigenvalue weighted by Crippen LogP contribution is 2.75. The molecule has 4 nitrogen and oxygen atoms in total. The lowest BCUT2D eigenvalue weighted by Gasteiger charge is -2.67. The van der Waals surface area contributed by atoms with Crippen molar-refractivity contribution in [2.75, 3.05) is 19.6 Å².